The summed E-state index contributed by atoms with van der Waals surface area (Å²) < 4.78 is 92.2. The summed E-state index contributed by atoms with van der Waals surface area (Å²) in [5, 5.41) is 1.29. The van der Waals surface area contributed by atoms with Crippen molar-refractivity contribution in [1.82, 2.24) is 9.97 Å². The van der Waals surface area contributed by atoms with Crippen LogP contribution in [0.25, 0.3) is 11.3 Å². The summed E-state index contributed by atoms with van der Waals surface area (Å²) in [5.74, 6) is -10.7. The van der Waals surface area contributed by atoms with E-state index in [9.17, 15) is 40.3 Å². The van der Waals surface area contributed by atoms with E-state index in [0.29, 0.717) is 5.56 Å². The second-order valence-corrected chi connectivity index (χ2v) is 5.86. The highest BCUT2D eigenvalue weighted by molar-refractivity contribution is 6.08. The first-order valence-corrected chi connectivity index (χ1v) is 7.94. The molecule has 1 heterocycles. The molecule has 30 heavy (non-hydrogen) atoms. The molecule has 0 spiro atoms. The highest BCUT2D eigenvalue weighted by atomic mass is 19.4. The largest absolute Gasteiger partial charge is 0.527 e. The monoisotopic (exact) mass is 439 g/mol. The summed E-state index contributed by atoms with van der Waals surface area (Å²) >= 11 is 0. The van der Waals surface area contributed by atoms with E-state index in [2.05, 4.69) is 14.7 Å². The number of halogens is 7. The maximum absolute atomic E-state index is 13.8. The van der Waals surface area contributed by atoms with E-state index in [1.165, 1.54) is 24.4 Å². The number of ether oxygens (including phenoxy) is 1. The number of alkyl halides is 7. The Morgan fingerprint density at radius 3 is 2.03 bits per heavy atom. The number of carbonyl (C=O) groups excluding carboxylic acids is 2. The highest BCUT2D eigenvalue weighted by Gasteiger charge is 2.67. The average molecular weight is 439 g/mol. The number of benzene rings is 1. The number of anilines is 1. The topological polar surface area (TPSA) is 81.2 Å². The van der Waals surface area contributed by atoms with Gasteiger partial charge < -0.3 is 5.32 Å². The summed E-state index contributed by atoms with van der Waals surface area (Å²) in [6, 6.07) is 7.70. The van der Waals surface area contributed by atoms with Gasteiger partial charge in [-0.3, -0.25) is 9.59 Å². The lowest BCUT2D eigenvalue weighted by molar-refractivity contribution is -0.457. The van der Waals surface area contributed by atoms with Gasteiger partial charge >= 0.3 is 24.3 Å². The van der Waals surface area contributed by atoms with Crippen LogP contribution in [0.4, 0.5) is 36.6 Å². The molecule has 0 unspecified atom stereocenters. The van der Waals surface area contributed by atoms with Gasteiger partial charge in [-0.15, -0.1) is 13.2 Å². The number of amides is 1. The van der Waals surface area contributed by atoms with E-state index in [4.69, 9.17) is 0 Å². The molecule has 13 heteroatoms. The number of ketones is 1. The van der Waals surface area contributed by atoms with Crippen LogP contribution in [0.5, 0.6) is 0 Å². The smallest absolute Gasteiger partial charge is 0.304 e. The van der Waals surface area contributed by atoms with Crippen molar-refractivity contribution < 1.29 is 45.1 Å². The Bertz CT molecular complexity index is 963. The van der Waals surface area contributed by atoms with Gasteiger partial charge in [-0.05, 0) is 13.8 Å². The van der Waals surface area contributed by atoms with Crippen LogP contribution in [-0.2, 0) is 9.53 Å². The number of hydrogen-bond acceptors (Lipinski definition) is 5. The Kier molecular flexibility index (Phi) is 6.16. The predicted molar refractivity (Wildman–Crippen MR) is 87.9 cm³/mol. The van der Waals surface area contributed by atoms with Gasteiger partial charge in [0.1, 0.15) is 11.6 Å². The lowest BCUT2D eigenvalue weighted by Crippen LogP contribution is -2.53. The van der Waals surface area contributed by atoms with Crippen LogP contribution >= 0.6 is 0 Å². The number of nitrogens with zero attached hydrogens (tertiary/aromatic N) is 2. The molecule has 1 N–H and O–H groups in total. The first-order chi connectivity index (χ1) is 13.7. The van der Waals surface area contributed by atoms with Crippen LogP contribution in [0.15, 0.2) is 30.3 Å². The van der Waals surface area contributed by atoms with Gasteiger partial charge in [0.25, 0.3) is 0 Å². The molecule has 0 atom stereocenters. The Morgan fingerprint density at radius 1 is 0.967 bits per heavy atom. The van der Waals surface area contributed by atoms with Crippen molar-refractivity contribution in [3.05, 3.63) is 41.7 Å². The van der Waals surface area contributed by atoms with Crippen molar-refractivity contribution in [3.63, 3.8) is 0 Å². The van der Waals surface area contributed by atoms with E-state index in [1.54, 1.807) is 18.2 Å². The fourth-order valence-corrected chi connectivity index (χ4v) is 2.33. The summed E-state index contributed by atoms with van der Waals surface area (Å²) in [6.07, 6.45) is -12.4. The molecule has 6 nitrogen and oxygen atoms in total. The van der Waals surface area contributed by atoms with E-state index < -0.39 is 41.5 Å². The number of Topliss-reactive ketones (excluding diaryl/α,β-unsaturated/α-hetero) is 1. The normalized spacial score (nSPS) is 12.6. The molecule has 1 aromatic heterocycles. The van der Waals surface area contributed by atoms with Crippen molar-refractivity contribution in [3.8, 4) is 11.3 Å². The lowest BCUT2D eigenvalue weighted by Gasteiger charge is -2.25. The molecule has 0 saturated heterocycles. The van der Waals surface area contributed by atoms with Crippen LogP contribution in [0.1, 0.15) is 23.1 Å². The number of aryl methyl sites for hydroxylation is 1. The molecule has 2 rings (SSSR count). The minimum atomic E-state index is -6.23. The Labute approximate surface area is 164 Å². The zero-order chi connectivity index (χ0) is 22.9. The SMILES string of the molecule is CC(=O)c1c(NC(=O)C(F)(F)C(F)(F)OC(F)(F)F)nc(C)nc1-c1ccccc1. The first kappa shape index (κ1) is 23.2. The molecule has 0 aliphatic rings. The molecule has 1 aromatic carbocycles. The first-order valence-electron chi connectivity index (χ1n) is 7.94. The molecule has 162 valence electrons. The summed E-state index contributed by atoms with van der Waals surface area (Å²) in [7, 11) is 0. The number of hydrogen-bond donors (Lipinski definition) is 1. The maximum Gasteiger partial charge on any atom is 0.527 e. The number of aromatic nitrogens is 2. The van der Waals surface area contributed by atoms with E-state index in [-0.39, 0.29) is 11.5 Å². The summed E-state index contributed by atoms with van der Waals surface area (Å²) in [4.78, 5) is 31.4. The second-order valence-electron chi connectivity index (χ2n) is 5.86. The summed E-state index contributed by atoms with van der Waals surface area (Å²) in [5.41, 5.74) is -0.301. The predicted octanol–water partition coefficient (Wildman–Crippen LogP) is 4.36. The fourth-order valence-electron chi connectivity index (χ4n) is 2.33. The third kappa shape index (κ3) is 4.90. The molecule has 0 aliphatic carbocycles. The van der Waals surface area contributed by atoms with E-state index in [1.807, 2.05) is 0 Å². The molecule has 0 aliphatic heterocycles. The lowest BCUT2D eigenvalue weighted by atomic mass is 10.0. The Balaban J connectivity index is 2.51. The molecule has 0 bridgehead atoms. The Hall–Kier alpha value is -3.09. The van der Waals surface area contributed by atoms with Crippen LogP contribution in [0.3, 0.4) is 0 Å². The fraction of sp³-hybridized carbons (Fsp3) is 0.294. The van der Waals surface area contributed by atoms with Gasteiger partial charge in [-0.2, -0.15) is 17.6 Å². The molecule has 1 amide bonds. The quantitative estimate of drug-likeness (QED) is 0.535. The molecular weight excluding hydrogens is 427 g/mol. The van der Waals surface area contributed by atoms with Gasteiger partial charge in [0.05, 0.1) is 11.3 Å². The number of carbonyl (C=O) groups is 2. The minimum absolute atomic E-state index is 0.104. The highest BCUT2D eigenvalue weighted by Crippen LogP contribution is 2.41. The zero-order valence-electron chi connectivity index (χ0n) is 15.2. The molecule has 2 aromatic rings. The summed E-state index contributed by atoms with van der Waals surface area (Å²) in [6.45, 7) is 2.22. The van der Waals surface area contributed by atoms with Gasteiger partial charge in [-0.1, -0.05) is 30.3 Å². The van der Waals surface area contributed by atoms with Gasteiger partial charge in [0, 0.05) is 5.56 Å². The standard InChI is InChI=1S/C17H12F7N3O3/c1-8(28)11-12(10-6-4-3-5-7-10)25-9(2)26-13(11)27-14(29)15(18,19)16(20,21)30-17(22,23)24/h3-7H,1-2H3,(H,25,26,27,29). The Morgan fingerprint density at radius 2 is 1.53 bits per heavy atom. The van der Waals surface area contributed by atoms with Gasteiger partial charge in [0.2, 0.25) is 0 Å². The second kappa shape index (κ2) is 7.97. The molecule has 0 saturated carbocycles. The van der Waals surface area contributed by atoms with E-state index in [0.717, 1.165) is 6.92 Å². The minimum Gasteiger partial charge on any atom is -0.304 e. The maximum atomic E-state index is 13.8. The van der Waals surface area contributed by atoms with Crippen LogP contribution < -0.4 is 5.32 Å². The van der Waals surface area contributed by atoms with Crippen molar-refractivity contribution in [1.29, 1.82) is 0 Å². The van der Waals surface area contributed by atoms with Crippen molar-refractivity contribution in [2.75, 3.05) is 5.32 Å². The molecule has 0 radical (unpaired) electrons. The third-order valence-corrected chi connectivity index (χ3v) is 3.55. The van der Waals surface area contributed by atoms with Crippen LogP contribution in [-0.4, -0.2) is 40.1 Å². The molecule has 0 fully saturated rings. The van der Waals surface area contributed by atoms with Gasteiger partial charge in [0.15, 0.2) is 5.78 Å². The average Bonchev–Trinajstić information content (AvgIpc) is 2.59. The zero-order valence-corrected chi connectivity index (χ0v) is 15.2. The number of rotatable bonds is 6. The van der Waals surface area contributed by atoms with Crippen LogP contribution in [0, 0.1) is 6.92 Å². The van der Waals surface area contributed by atoms with Crippen molar-refractivity contribution in [2.45, 2.75) is 32.2 Å². The van der Waals surface area contributed by atoms with Gasteiger partial charge in [-0.25, -0.2) is 14.7 Å². The van der Waals surface area contributed by atoms with Crippen LogP contribution in [0.2, 0.25) is 0 Å². The van der Waals surface area contributed by atoms with Crippen molar-refractivity contribution in [2.24, 2.45) is 0 Å². The van der Waals surface area contributed by atoms with E-state index >= 15 is 0 Å². The third-order valence-electron chi connectivity index (χ3n) is 3.55. The van der Waals surface area contributed by atoms with Crippen molar-refractivity contribution >= 4 is 17.5 Å². The molecular formula is C17H12F7N3O3. The number of nitrogens with one attached hydrogen (secondary N) is 1.